The first kappa shape index (κ1) is 17.0. The highest BCUT2D eigenvalue weighted by Gasteiger charge is 2.10. The van der Waals surface area contributed by atoms with Crippen LogP contribution in [0, 0.1) is 12.8 Å². The Balaban J connectivity index is 2.42. The molecule has 0 radical (unpaired) electrons. The molecular weight excluding hydrogens is 268 g/mol. The standard InChI is InChI=1S/C15H24N4O2/c1-10(2)9-18-14(20)6-7-17-15(21)13-5-4-12(19-16)8-11(13)3/h4-5,8,10,19H,6-7,9,16H2,1-3H3,(H,17,21)(H,18,20). The third-order valence-electron chi connectivity index (χ3n) is 2.98. The first-order chi connectivity index (χ1) is 9.93. The van der Waals surface area contributed by atoms with E-state index in [-0.39, 0.29) is 18.2 Å². The fourth-order valence-corrected chi connectivity index (χ4v) is 1.80. The molecule has 0 saturated heterocycles. The van der Waals surface area contributed by atoms with Gasteiger partial charge in [0.15, 0.2) is 0 Å². The van der Waals surface area contributed by atoms with Gasteiger partial charge in [0.25, 0.3) is 5.91 Å². The summed E-state index contributed by atoms with van der Waals surface area (Å²) >= 11 is 0. The van der Waals surface area contributed by atoms with E-state index in [0.717, 1.165) is 11.3 Å². The van der Waals surface area contributed by atoms with Gasteiger partial charge in [0.05, 0.1) is 0 Å². The van der Waals surface area contributed by atoms with E-state index in [4.69, 9.17) is 5.84 Å². The van der Waals surface area contributed by atoms with Gasteiger partial charge < -0.3 is 16.1 Å². The number of nitrogens with two attached hydrogens (primary N) is 1. The number of anilines is 1. The van der Waals surface area contributed by atoms with Gasteiger partial charge in [-0.2, -0.15) is 0 Å². The lowest BCUT2D eigenvalue weighted by molar-refractivity contribution is -0.121. The Labute approximate surface area is 125 Å². The number of hydrogen-bond donors (Lipinski definition) is 4. The molecule has 0 atom stereocenters. The largest absolute Gasteiger partial charge is 0.356 e. The lowest BCUT2D eigenvalue weighted by atomic mass is 10.1. The van der Waals surface area contributed by atoms with E-state index >= 15 is 0 Å². The Bertz CT molecular complexity index is 500. The summed E-state index contributed by atoms with van der Waals surface area (Å²) in [6.07, 6.45) is 0.278. The Kier molecular flexibility index (Phi) is 6.68. The van der Waals surface area contributed by atoms with Crippen LogP contribution in [0.3, 0.4) is 0 Å². The first-order valence-corrected chi connectivity index (χ1v) is 7.06. The third kappa shape index (κ3) is 5.83. The van der Waals surface area contributed by atoms with Crippen LogP contribution in [0.1, 0.15) is 36.2 Å². The molecule has 2 amide bonds. The summed E-state index contributed by atoms with van der Waals surface area (Å²) < 4.78 is 0. The predicted octanol–water partition coefficient (Wildman–Crippen LogP) is 1.17. The number of aryl methyl sites for hydroxylation is 1. The summed E-state index contributed by atoms with van der Waals surface area (Å²) in [5.41, 5.74) is 4.68. The van der Waals surface area contributed by atoms with Gasteiger partial charge in [-0.15, -0.1) is 0 Å². The van der Waals surface area contributed by atoms with Crippen molar-refractivity contribution in [2.75, 3.05) is 18.5 Å². The molecule has 1 aromatic carbocycles. The zero-order valence-corrected chi connectivity index (χ0v) is 12.8. The summed E-state index contributed by atoms with van der Waals surface area (Å²) in [4.78, 5) is 23.5. The molecule has 0 unspecified atom stereocenters. The number of nitrogen functional groups attached to an aromatic ring is 1. The minimum absolute atomic E-state index is 0.0524. The van der Waals surface area contributed by atoms with Crippen LogP contribution >= 0.6 is 0 Å². The molecule has 0 fully saturated rings. The molecule has 21 heavy (non-hydrogen) atoms. The van der Waals surface area contributed by atoms with Crippen molar-refractivity contribution >= 4 is 17.5 Å². The van der Waals surface area contributed by atoms with Crippen molar-refractivity contribution in [1.82, 2.24) is 10.6 Å². The van der Waals surface area contributed by atoms with Gasteiger partial charge in [0, 0.05) is 30.8 Å². The molecule has 0 aromatic heterocycles. The molecule has 0 saturated carbocycles. The summed E-state index contributed by atoms with van der Waals surface area (Å²) in [5, 5.41) is 5.55. The van der Waals surface area contributed by atoms with Crippen molar-refractivity contribution in [2.24, 2.45) is 11.8 Å². The zero-order chi connectivity index (χ0) is 15.8. The van der Waals surface area contributed by atoms with E-state index < -0.39 is 0 Å². The number of nitrogens with one attached hydrogen (secondary N) is 3. The quantitative estimate of drug-likeness (QED) is 0.448. The number of benzene rings is 1. The second-order valence-corrected chi connectivity index (χ2v) is 5.38. The Morgan fingerprint density at radius 1 is 1.24 bits per heavy atom. The van der Waals surface area contributed by atoms with Crippen LogP contribution in [0.2, 0.25) is 0 Å². The topological polar surface area (TPSA) is 96.2 Å². The van der Waals surface area contributed by atoms with Crippen molar-refractivity contribution in [1.29, 1.82) is 0 Å². The fraction of sp³-hybridized carbons (Fsp3) is 0.467. The van der Waals surface area contributed by atoms with Crippen molar-refractivity contribution < 1.29 is 9.59 Å². The van der Waals surface area contributed by atoms with Crippen LogP contribution in [-0.2, 0) is 4.79 Å². The highest BCUT2D eigenvalue weighted by Crippen LogP contribution is 2.14. The average molecular weight is 292 g/mol. The van der Waals surface area contributed by atoms with Crippen LogP contribution in [0.15, 0.2) is 18.2 Å². The number of hydrogen-bond acceptors (Lipinski definition) is 4. The summed E-state index contributed by atoms with van der Waals surface area (Å²) in [7, 11) is 0. The molecule has 6 heteroatoms. The molecule has 0 aliphatic carbocycles. The minimum Gasteiger partial charge on any atom is -0.356 e. The maximum absolute atomic E-state index is 12.0. The summed E-state index contributed by atoms with van der Waals surface area (Å²) in [6.45, 7) is 6.87. The van der Waals surface area contributed by atoms with Gasteiger partial charge in [-0.25, -0.2) is 0 Å². The Morgan fingerprint density at radius 3 is 2.52 bits per heavy atom. The molecule has 1 rings (SSSR count). The van der Waals surface area contributed by atoms with Gasteiger partial charge in [-0.05, 0) is 36.6 Å². The van der Waals surface area contributed by atoms with E-state index in [1.54, 1.807) is 18.2 Å². The molecule has 1 aromatic rings. The molecule has 5 N–H and O–H groups in total. The number of amides is 2. The van der Waals surface area contributed by atoms with Crippen LogP contribution in [-0.4, -0.2) is 24.9 Å². The van der Waals surface area contributed by atoms with Gasteiger partial charge in [-0.1, -0.05) is 13.8 Å². The third-order valence-corrected chi connectivity index (χ3v) is 2.98. The van der Waals surface area contributed by atoms with Crippen molar-refractivity contribution in [2.45, 2.75) is 27.2 Å². The maximum Gasteiger partial charge on any atom is 0.251 e. The number of carbonyl (C=O) groups is 2. The monoisotopic (exact) mass is 292 g/mol. The first-order valence-electron chi connectivity index (χ1n) is 7.06. The second kappa shape index (κ2) is 8.26. The van der Waals surface area contributed by atoms with Gasteiger partial charge in [0.1, 0.15) is 0 Å². The molecular formula is C15H24N4O2. The van der Waals surface area contributed by atoms with E-state index in [1.807, 2.05) is 20.8 Å². The average Bonchev–Trinajstić information content (AvgIpc) is 2.44. The van der Waals surface area contributed by atoms with Crippen LogP contribution in [0.5, 0.6) is 0 Å². The molecule has 0 aliphatic rings. The lowest BCUT2D eigenvalue weighted by Crippen LogP contribution is -2.32. The van der Waals surface area contributed by atoms with E-state index in [2.05, 4.69) is 16.1 Å². The SMILES string of the molecule is Cc1cc(NN)ccc1C(=O)NCCC(=O)NCC(C)C. The summed E-state index contributed by atoms with van der Waals surface area (Å²) in [6, 6.07) is 5.24. The number of carbonyl (C=O) groups excluding carboxylic acids is 2. The van der Waals surface area contributed by atoms with Gasteiger partial charge >= 0.3 is 0 Å². The maximum atomic E-state index is 12.0. The number of rotatable bonds is 7. The van der Waals surface area contributed by atoms with E-state index in [1.165, 1.54) is 0 Å². The molecule has 0 bridgehead atoms. The highest BCUT2D eigenvalue weighted by atomic mass is 16.2. The second-order valence-electron chi connectivity index (χ2n) is 5.38. The van der Waals surface area contributed by atoms with E-state index in [0.29, 0.717) is 24.6 Å². The molecule has 116 valence electrons. The van der Waals surface area contributed by atoms with Gasteiger partial charge in [-0.3, -0.25) is 15.4 Å². The van der Waals surface area contributed by atoms with Crippen LogP contribution in [0.4, 0.5) is 5.69 Å². The fourth-order valence-electron chi connectivity index (χ4n) is 1.80. The molecule has 0 spiro atoms. The molecule has 0 heterocycles. The lowest BCUT2D eigenvalue weighted by Gasteiger charge is -2.10. The zero-order valence-electron chi connectivity index (χ0n) is 12.8. The van der Waals surface area contributed by atoms with Crippen molar-refractivity contribution in [3.8, 4) is 0 Å². The van der Waals surface area contributed by atoms with Gasteiger partial charge in [0.2, 0.25) is 5.91 Å². The molecule has 0 aliphatic heterocycles. The Morgan fingerprint density at radius 2 is 1.95 bits per heavy atom. The summed E-state index contributed by atoms with van der Waals surface area (Å²) in [5.74, 6) is 5.49. The van der Waals surface area contributed by atoms with Crippen LogP contribution in [0.25, 0.3) is 0 Å². The van der Waals surface area contributed by atoms with Crippen molar-refractivity contribution in [3.05, 3.63) is 29.3 Å². The molecule has 6 nitrogen and oxygen atoms in total. The predicted molar refractivity (Wildman–Crippen MR) is 83.8 cm³/mol. The Hall–Kier alpha value is -2.08. The highest BCUT2D eigenvalue weighted by molar-refractivity contribution is 5.96. The van der Waals surface area contributed by atoms with E-state index in [9.17, 15) is 9.59 Å². The normalized spacial score (nSPS) is 10.3. The minimum atomic E-state index is -0.187. The smallest absolute Gasteiger partial charge is 0.251 e. The number of hydrazine groups is 1. The van der Waals surface area contributed by atoms with Crippen molar-refractivity contribution in [3.63, 3.8) is 0 Å². The van der Waals surface area contributed by atoms with Crippen LogP contribution < -0.4 is 21.9 Å².